The lowest BCUT2D eigenvalue weighted by molar-refractivity contribution is 0.0700. The Kier molecular flexibility index (Phi) is 4.77. The molecule has 1 N–H and O–H groups in total. The van der Waals surface area contributed by atoms with Gasteiger partial charge in [-0.2, -0.15) is 0 Å². The lowest BCUT2D eigenvalue weighted by atomic mass is 10.00. The summed E-state index contributed by atoms with van der Waals surface area (Å²) in [7, 11) is 0. The molecule has 2 aliphatic heterocycles. The number of nitrogens with zero attached hydrogens (tertiary/aromatic N) is 3. The molecule has 1 amide bonds. The fraction of sp³-hybridized carbons (Fsp3) is 0.474. The molecule has 2 aliphatic rings. The molecule has 1 atom stereocenters. The first-order chi connectivity index (χ1) is 12.2. The van der Waals surface area contributed by atoms with E-state index in [-0.39, 0.29) is 5.91 Å². The Morgan fingerprint density at radius 3 is 2.76 bits per heavy atom. The lowest BCUT2D eigenvalue weighted by Gasteiger charge is -2.36. The third kappa shape index (κ3) is 3.58. The standard InChI is InChI=1S/C19H23ClN4O/c20-17-4-2-1-3-16(17)19(25)23-10-7-14(8-11-23)22-15-5-6-18-21-9-12-24(18)13-15/h1-4,9,12,14-15,22H,5-8,10-11,13H2. The average molecular weight is 359 g/mol. The summed E-state index contributed by atoms with van der Waals surface area (Å²) >= 11 is 6.16. The summed E-state index contributed by atoms with van der Waals surface area (Å²) in [4.78, 5) is 18.9. The van der Waals surface area contributed by atoms with Gasteiger partial charge in [0.25, 0.3) is 5.91 Å². The maximum Gasteiger partial charge on any atom is 0.255 e. The van der Waals surface area contributed by atoms with E-state index in [1.807, 2.05) is 23.2 Å². The highest BCUT2D eigenvalue weighted by molar-refractivity contribution is 6.33. The summed E-state index contributed by atoms with van der Waals surface area (Å²) in [6.07, 6.45) is 8.10. The molecular formula is C19H23ClN4O. The minimum absolute atomic E-state index is 0.0461. The molecule has 5 nitrogen and oxygen atoms in total. The number of carbonyl (C=O) groups is 1. The largest absolute Gasteiger partial charge is 0.338 e. The summed E-state index contributed by atoms with van der Waals surface area (Å²) in [5, 5.41) is 4.32. The van der Waals surface area contributed by atoms with E-state index in [1.54, 1.807) is 12.1 Å². The van der Waals surface area contributed by atoms with E-state index in [2.05, 4.69) is 21.1 Å². The van der Waals surface area contributed by atoms with Crippen LogP contribution in [0.25, 0.3) is 0 Å². The van der Waals surface area contributed by atoms with Gasteiger partial charge in [0.1, 0.15) is 5.82 Å². The number of likely N-dealkylation sites (tertiary alicyclic amines) is 1. The van der Waals surface area contributed by atoms with Gasteiger partial charge in [0, 0.05) is 50.5 Å². The number of aromatic nitrogens is 2. The van der Waals surface area contributed by atoms with Gasteiger partial charge >= 0.3 is 0 Å². The van der Waals surface area contributed by atoms with Gasteiger partial charge in [-0.25, -0.2) is 4.98 Å². The van der Waals surface area contributed by atoms with Crippen molar-refractivity contribution in [2.24, 2.45) is 0 Å². The Morgan fingerprint density at radius 2 is 1.96 bits per heavy atom. The minimum Gasteiger partial charge on any atom is -0.338 e. The van der Waals surface area contributed by atoms with Crippen LogP contribution in [0.1, 0.15) is 35.4 Å². The number of benzene rings is 1. The van der Waals surface area contributed by atoms with Crippen LogP contribution in [0, 0.1) is 0 Å². The molecule has 25 heavy (non-hydrogen) atoms. The van der Waals surface area contributed by atoms with Crippen LogP contribution in [0.4, 0.5) is 0 Å². The van der Waals surface area contributed by atoms with Crippen molar-refractivity contribution in [1.29, 1.82) is 0 Å². The summed E-state index contributed by atoms with van der Waals surface area (Å²) in [5.74, 6) is 1.24. The van der Waals surface area contributed by atoms with Crippen molar-refractivity contribution in [3.63, 3.8) is 0 Å². The van der Waals surface area contributed by atoms with E-state index in [9.17, 15) is 4.79 Å². The summed E-state index contributed by atoms with van der Waals surface area (Å²) in [6, 6.07) is 8.27. The van der Waals surface area contributed by atoms with Crippen LogP contribution < -0.4 is 5.32 Å². The minimum atomic E-state index is 0.0461. The smallest absolute Gasteiger partial charge is 0.255 e. The molecule has 4 rings (SSSR count). The SMILES string of the molecule is O=C(c1ccccc1Cl)N1CCC(NC2CCc3nccn3C2)CC1. The molecule has 1 aromatic heterocycles. The molecular weight excluding hydrogens is 336 g/mol. The third-order valence-electron chi connectivity index (χ3n) is 5.29. The Balaban J connectivity index is 1.30. The van der Waals surface area contributed by atoms with Crippen LogP contribution >= 0.6 is 11.6 Å². The molecule has 6 heteroatoms. The van der Waals surface area contributed by atoms with Crippen molar-refractivity contribution in [2.45, 2.75) is 44.3 Å². The number of hydrogen-bond donors (Lipinski definition) is 1. The summed E-state index contributed by atoms with van der Waals surface area (Å²) in [6.45, 7) is 2.56. The normalized spacial score (nSPS) is 21.2. The first-order valence-corrected chi connectivity index (χ1v) is 9.38. The molecule has 132 valence electrons. The quantitative estimate of drug-likeness (QED) is 0.917. The highest BCUT2D eigenvalue weighted by Gasteiger charge is 2.27. The maximum atomic E-state index is 12.6. The van der Waals surface area contributed by atoms with Crippen molar-refractivity contribution >= 4 is 17.5 Å². The van der Waals surface area contributed by atoms with Gasteiger partial charge in [0.2, 0.25) is 0 Å². The zero-order valence-electron chi connectivity index (χ0n) is 14.2. The zero-order chi connectivity index (χ0) is 17.2. The maximum absolute atomic E-state index is 12.6. The van der Waals surface area contributed by atoms with E-state index in [0.29, 0.717) is 22.7 Å². The molecule has 0 aliphatic carbocycles. The topological polar surface area (TPSA) is 50.2 Å². The van der Waals surface area contributed by atoms with Crippen molar-refractivity contribution in [1.82, 2.24) is 19.8 Å². The van der Waals surface area contributed by atoms with Gasteiger partial charge in [-0.3, -0.25) is 4.79 Å². The number of rotatable bonds is 3. The number of carbonyl (C=O) groups excluding carboxylic acids is 1. The first kappa shape index (κ1) is 16.6. The third-order valence-corrected chi connectivity index (χ3v) is 5.62. The van der Waals surface area contributed by atoms with Crippen LogP contribution in [0.15, 0.2) is 36.7 Å². The van der Waals surface area contributed by atoms with Crippen molar-refractivity contribution in [3.8, 4) is 0 Å². The number of halogens is 1. The number of piperidine rings is 1. The predicted molar refractivity (Wildman–Crippen MR) is 97.8 cm³/mol. The van der Waals surface area contributed by atoms with Crippen molar-refractivity contribution in [2.75, 3.05) is 13.1 Å². The number of hydrogen-bond acceptors (Lipinski definition) is 3. The van der Waals surface area contributed by atoms with E-state index in [0.717, 1.165) is 45.3 Å². The zero-order valence-corrected chi connectivity index (χ0v) is 15.0. The first-order valence-electron chi connectivity index (χ1n) is 9.00. The molecule has 0 saturated carbocycles. The number of fused-ring (bicyclic) bond motifs is 1. The van der Waals surface area contributed by atoms with Crippen LogP contribution in [-0.2, 0) is 13.0 Å². The van der Waals surface area contributed by atoms with Gasteiger partial charge in [0.05, 0.1) is 10.6 Å². The molecule has 1 fully saturated rings. The Labute approximate surface area is 153 Å². The lowest BCUT2D eigenvalue weighted by Crippen LogP contribution is -2.49. The molecule has 1 unspecified atom stereocenters. The van der Waals surface area contributed by atoms with Gasteiger partial charge in [-0.05, 0) is 31.4 Å². The number of aryl methyl sites for hydroxylation is 1. The number of amides is 1. The highest BCUT2D eigenvalue weighted by atomic mass is 35.5. The van der Waals surface area contributed by atoms with Gasteiger partial charge in [-0.15, -0.1) is 0 Å². The van der Waals surface area contributed by atoms with Gasteiger partial charge in [-0.1, -0.05) is 23.7 Å². The van der Waals surface area contributed by atoms with Crippen LogP contribution in [0.2, 0.25) is 5.02 Å². The number of imidazole rings is 1. The van der Waals surface area contributed by atoms with E-state index < -0.39 is 0 Å². The fourth-order valence-corrected chi connectivity index (χ4v) is 4.11. The molecule has 3 heterocycles. The van der Waals surface area contributed by atoms with Crippen LogP contribution in [-0.4, -0.2) is 45.5 Å². The average Bonchev–Trinajstić information content (AvgIpc) is 3.10. The summed E-state index contributed by atoms with van der Waals surface area (Å²) in [5.41, 5.74) is 0.607. The van der Waals surface area contributed by atoms with Crippen molar-refractivity contribution in [3.05, 3.63) is 53.1 Å². The van der Waals surface area contributed by atoms with Crippen LogP contribution in [0.5, 0.6) is 0 Å². The Hall–Kier alpha value is -1.85. The monoisotopic (exact) mass is 358 g/mol. The van der Waals surface area contributed by atoms with Crippen molar-refractivity contribution < 1.29 is 4.79 Å². The second-order valence-electron chi connectivity index (χ2n) is 6.94. The Morgan fingerprint density at radius 1 is 1.16 bits per heavy atom. The van der Waals surface area contributed by atoms with Gasteiger partial charge < -0.3 is 14.8 Å². The second kappa shape index (κ2) is 7.18. The van der Waals surface area contributed by atoms with E-state index in [4.69, 9.17) is 11.6 Å². The molecule has 0 bridgehead atoms. The molecule has 1 aromatic carbocycles. The number of nitrogens with one attached hydrogen (secondary N) is 1. The predicted octanol–water partition coefficient (Wildman–Crippen LogP) is 2.75. The summed E-state index contributed by atoms with van der Waals surface area (Å²) < 4.78 is 2.25. The second-order valence-corrected chi connectivity index (χ2v) is 7.35. The van der Waals surface area contributed by atoms with E-state index in [1.165, 1.54) is 5.82 Å². The molecule has 0 radical (unpaired) electrons. The highest BCUT2D eigenvalue weighted by Crippen LogP contribution is 2.21. The van der Waals surface area contributed by atoms with E-state index >= 15 is 0 Å². The Bertz CT molecular complexity index is 751. The van der Waals surface area contributed by atoms with Gasteiger partial charge in [0.15, 0.2) is 0 Å². The molecule has 1 saturated heterocycles. The molecule has 2 aromatic rings. The fourth-order valence-electron chi connectivity index (χ4n) is 3.89. The van der Waals surface area contributed by atoms with Crippen LogP contribution in [0.3, 0.4) is 0 Å². The molecule has 0 spiro atoms.